The highest BCUT2D eigenvalue weighted by Crippen LogP contribution is 2.05. The number of hydrogen-bond donors (Lipinski definition) is 1. The summed E-state index contributed by atoms with van der Waals surface area (Å²) in [4.78, 5) is 14.5. The van der Waals surface area contributed by atoms with Crippen LogP contribution in [-0.2, 0) is 4.79 Å². The van der Waals surface area contributed by atoms with Crippen molar-refractivity contribution in [2.24, 2.45) is 0 Å². The number of thioether (sulfide) groups is 1. The summed E-state index contributed by atoms with van der Waals surface area (Å²) < 4.78 is 0. The Morgan fingerprint density at radius 1 is 1.33 bits per heavy atom. The molecule has 1 unspecified atom stereocenters. The van der Waals surface area contributed by atoms with Crippen molar-refractivity contribution in [1.29, 1.82) is 5.26 Å². The quantitative estimate of drug-likeness (QED) is 0.864. The minimum atomic E-state index is -0.623. The van der Waals surface area contributed by atoms with Crippen LogP contribution < -0.4 is 15.8 Å². The molecule has 4 nitrogen and oxygen atoms in total. The van der Waals surface area contributed by atoms with E-state index in [-0.39, 0.29) is 0 Å². The summed E-state index contributed by atoms with van der Waals surface area (Å²) in [7, 11) is 0. The average Bonchev–Trinajstić information content (AvgIpc) is 2.55. The number of nitrogens with zero attached hydrogens (tertiary/aromatic N) is 2. The molecule has 0 bridgehead atoms. The van der Waals surface area contributed by atoms with Crippen molar-refractivity contribution in [2.45, 2.75) is 32.7 Å². The van der Waals surface area contributed by atoms with E-state index in [2.05, 4.69) is 28.5 Å². The Hall–Kier alpha value is -1.80. The molecule has 0 aliphatic heterocycles. The highest BCUT2D eigenvalue weighted by molar-refractivity contribution is 7.97. The molecule has 0 aromatic carbocycles. The summed E-state index contributed by atoms with van der Waals surface area (Å²) in [6.07, 6.45) is 14.2. The monoisotopic (exact) mass is 305 g/mol. The zero-order valence-electron chi connectivity index (χ0n) is 13.1. The molecular weight excluding hydrogens is 282 g/mol. The number of hydrogen-bond acceptors (Lipinski definition) is 4. The van der Waals surface area contributed by atoms with E-state index in [4.69, 9.17) is 5.26 Å². The predicted molar refractivity (Wildman–Crippen MR) is 90.0 cm³/mol. The Balaban J connectivity index is 0.000000713. The van der Waals surface area contributed by atoms with Gasteiger partial charge in [-0.05, 0) is 35.8 Å². The molecule has 1 atom stereocenters. The van der Waals surface area contributed by atoms with E-state index in [1.54, 1.807) is 24.2 Å². The number of nitriles is 1. The highest BCUT2D eigenvalue weighted by atomic mass is 32.2. The second-order valence-electron chi connectivity index (χ2n) is 3.97. The summed E-state index contributed by atoms with van der Waals surface area (Å²) in [6, 6.07) is 1.43. The van der Waals surface area contributed by atoms with Crippen LogP contribution in [0.5, 0.6) is 0 Å². The standard InChI is InChI=1S/C12H11N3O.C2H6S.C2H6/c13-5-12(15-8-16)11-7-14-6-9-3-1-2-4-10(9)11;1-3-2;1-2/h3-4,6-8,12H,1-2H2,(H,15,16);1-2H3;1-2H3. The fourth-order valence-corrected chi connectivity index (χ4v) is 1.86. The maximum absolute atomic E-state index is 10.4. The molecule has 1 aliphatic rings. The third-order valence-corrected chi connectivity index (χ3v) is 2.60. The molecule has 114 valence electrons. The van der Waals surface area contributed by atoms with Crippen LogP contribution in [0.3, 0.4) is 0 Å². The number of rotatable bonds is 3. The third-order valence-electron chi connectivity index (χ3n) is 2.60. The van der Waals surface area contributed by atoms with Gasteiger partial charge >= 0.3 is 0 Å². The van der Waals surface area contributed by atoms with Crippen molar-refractivity contribution in [3.8, 4) is 6.07 Å². The summed E-state index contributed by atoms with van der Waals surface area (Å²) in [5.41, 5.74) is 0.767. The Kier molecular flexibility index (Phi) is 11.0. The zero-order valence-corrected chi connectivity index (χ0v) is 13.9. The predicted octanol–water partition coefficient (Wildman–Crippen LogP) is 1.75. The van der Waals surface area contributed by atoms with Crippen molar-refractivity contribution in [1.82, 2.24) is 10.3 Å². The van der Waals surface area contributed by atoms with E-state index in [9.17, 15) is 4.79 Å². The fraction of sp³-hybridized carbons (Fsp3) is 0.438. The largest absolute Gasteiger partial charge is 0.339 e. The van der Waals surface area contributed by atoms with Crippen LogP contribution in [0.2, 0.25) is 0 Å². The molecule has 1 aromatic rings. The number of carbonyl (C=O) groups excluding carboxylic acids is 1. The van der Waals surface area contributed by atoms with Gasteiger partial charge in [-0.25, -0.2) is 0 Å². The minimum absolute atomic E-state index is 0.541. The van der Waals surface area contributed by atoms with E-state index in [1.807, 2.05) is 26.4 Å². The number of fused-ring (bicyclic) bond motifs is 1. The molecule has 1 aromatic heterocycles. The van der Waals surface area contributed by atoms with Gasteiger partial charge in [-0.3, -0.25) is 9.78 Å². The highest BCUT2D eigenvalue weighted by Gasteiger charge is 2.12. The van der Waals surface area contributed by atoms with Crippen LogP contribution >= 0.6 is 11.8 Å². The van der Waals surface area contributed by atoms with E-state index < -0.39 is 6.04 Å². The van der Waals surface area contributed by atoms with Gasteiger partial charge in [0.1, 0.15) is 6.04 Å². The van der Waals surface area contributed by atoms with E-state index in [0.29, 0.717) is 6.41 Å². The number of carbonyl (C=O) groups is 1. The second-order valence-corrected chi connectivity index (χ2v) is 4.79. The van der Waals surface area contributed by atoms with Crippen LogP contribution in [-0.4, -0.2) is 23.9 Å². The molecule has 1 heterocycles. The van der Waals surface area contributed by atoms with Crippen LogP contribution in [0.1, 0.15) is 38.3 Å². The van der Waals surface area contributed by atoms with Crippen LogP contribution in [0, 0.1) is 11.3 Å². The molecule has 1 N–H and O–H groups in total. The van der Waals surface area contributed by atoms with Gasteiger partial charge in [-0.1, -0.05) is 26.0 Å². The maximum Gasteiger partial charge on any atom is 0.208 e. The second kappa shape index (κ2) is 12.0. The van der Waals surface area contributed by atoms with Crippen molar-refractivity contribution in [3.05, 3.63) is 28.4 Å². The first-order valence-corrected chi connectivity index (χ1v) is 8.55. The first kappa shape index (κ1) is 19.2. The van der Waals surface area contributed by atoms with Crippen LogP contribution in [0.15, 0.2) is 12.4 Å². The van der Waals surface area contributed by atoms with Crippen molar-refractivity contribution in [2.75, 3.05) is 12.5 Å². The molecule has 1 amide bonds. The molecule has 5 heteroatoms. The fourth-order valence-electron chi connectivity index (χ4n) is 1.86. The Labute approximate surface area is 131 Å². The van der Waals surface area contributed by atoms with Crippen molar-refractivity contribution in [3.63, 3.8) is 0 Å². The topological polar surface area (TPSA) is 65.8 Å². The molecule has 0 radical (unpaired) electrons. The van der Waals surface area contributed by atoms with Gasteiger partial charge in [0.2, 0.25) is 6.41 Å². The number of aromatic nitrogens is 1. The average molecular weight is 305 g/mol. The van der Waals surface area contributed by atoms with Gasteiger partial charge in [0.05, 0.1) is 6.07 Å². The van der Waals surface area contributed by atoms with Gasteiger partial charge in [-0.15, -0.1) is 0 Å². The van der Waals surface area contributed by atoms with Crippen molar-refractivity contribution >= 4 is 30.3 Å². The molecule has 1 aliphatic carbocycles. The Morgan fingerprint density at radius 3 is 2.52 bits per heavy atom. The number of nitrogens with one attached hydrogen (secondary N) is 1. The lowest BCUT2D eigenvalue weighted by molar-refractivity contribution is -0.109. The summed E-state index contributed by atoms with van der Waals surface area (Å²) in [5.74, 6) is 0. The molecule has 0 fully saturated rings. The summed E-state index contributed by atoms with van der Waals surface area (Å²) in [5, 5.41) is 13.5. The first-order chi connectivity index (χ1) is 10.3. The number of pyridine rings is 1. The van der Waals surface area contributed by atoms with Crippen LogP contribution in [0.25, 0.3) is 12.2 Å². The molecule has 21 heavy (non-hydrogen) atoms. The smallest absolute Gasteiger partial charge is 0.208 e. The van der Waals surface area contributed by atoms with Crippen LogP contribution in [0.4, 0.5) is 0 Å². The zero-order chi connectivity index (χ0) is 16.1. The Bertz CT molecular complexity index is 578. The van der Waals surface area contributed by atoms with Gasteiger partial charge in [-0.2, -0.15) is 17.0 Å². The molecule has 0 spiro atoms. The molecule has 0 saturated carbocycles. The Morgan fingerprint density at radius 2 is 1.95 bits per heavy atom. The number of amides is 1. The lowest BCUT2D eigenvalue weighted by Crippen LogP contribution is -2.35. The van der Waals surface area contributed by atoms with E-state index in [1.165, 1.54) is 0 Å². The van der Waals surface area contributed by atoms with E-state index in [0.717, 1.165) is 28.8 Å². The van der Waals surface area contributed by atoms with Gasteiger partial charge in [0.25, 0.3) is 0 Å². The molecular formula is C16H23N3OS. The lowest BCUT2D eigenvalue weighted by atomic mass is 10.0. The normalized spacial score (nSPS) is 12.3. The van der Waals surface area contributed by atoms with E-state index >= 15 is 0 Å². The summed E-state index contributed by atoms with van der Waals surface area (Å²) >= 11 is 1.75. The summed E-state index contributed by atoms with van der Waals surface area (Å²) in [6.45, 7) is 4.00. The minimum Gasteiger partial charge on any atom is -0.339 e. The molecule has 2 rings (SSSR count). The molecule has 0 saturated heterocycles. The first-order valence-electron chi connectivity index (χ1n) is 6.92. The van der Waals surface area contributed by atoms with Gasteiger partial charge < -0.3 is 5.32 Å². The SMILES string of the molecule is CC.CSC.N#CC(NC=O)c1cncc2c1=CCCC=2. The van der Waals surface area contributed by atoms with Crippen molar-refractivity contribution < 1.29 is 4.79 Å². The van der Waals surface area contributed by atoms with Gasteiger partial charge in [0.15, 0.2) is 0 Å². The van der Waals surface area contributed by atoms with Gasteiger partial charge in [0, 0.05) is 18.0 Å². The third kappa shape index (κ3) is 6.01. The lowest BCUT2D eigenvalue weighted by Gasteiger charge is -2.10. The maximum atomic E-state index is 10.4.